The molecule has 0 amide bonds. The third-order valence-electron chi connectivity index (χ3n) is 3.22. The van der Waals surface area contributed by atoms with E-state index in [0.29, 0.717) is 5.56 Å². The number of aromatic nitrogens is 1. The molecular weight excluding hydrogens is 300 g/mol. The maximum absolute atomic E-state index is 11.3. The zero-order chi connectivity index (χ0) is 16.3. The molecule has 0 saturated carbocycles. The van der Waals surface area contributed by atoms with Crippen molar-refractivity contribution < 1.29 is 15.0 Å². The molecule has 0 spiro atoms. The first kappa shape index (κ1) is 16.5. The molecule has 0 aliphatic heterocycles. The lowest BCUT2D eigenvalue weighted by Crippen LogP contribution is -2.27. The zero-order valence-corrected chi connectivity index (χ0v) is 13.2. The van der Waals surface area contributed by atoms with E-state index in [9.17, 15) is 15.0 Å². The molecule has 0 aliphatic carbocycles. The molecule has 0 radical (unpaired) electrons. The van der Waals surface area contributed by atoms with Crippen molar-refractivity contribution in [1.29, 1.82) is 0 Å². The zero-order valence-electron chi connectivity index (χ0n) is 12.4. The molecule has 0 saturated heterocycles. The SMILES string of the molecule is CC(C)(Sc1ccncc1-c1ccc(C(N)O)cc1)C(=O)O. The predicted molar refractivity (Wildman–Crippen MR) is 86.4 cm³/mol. The summed E-state index contributed by atoms with van der Waals surface area (Å²) in [4.78, 5) is 16.3. The van der Waals surface area contributed by atoms with Crippen molar-refractivity contribution in [2.24, 2.45) is 5.73 Å². The number of hydrogen-bond donors (Lipinski definition) is 3. The van der Waals surface area contributed by atoms with Crippen molar-refractivity contribution >= 4 is 17.7 Å². The van der Waals surface area contributed by atoms with E-state index in [1.807, 2.05) is 12.1 Å². The first-order chi connectivity index (χ1) is 10.3. The van der Waals surface area contributed by atoms with Crippen LogP contribution in [0.4, 0.5) is 0 Å². The van der Waals surface area contributed by atoms with Crippen LogP contribution in [0.2, 0.25) is 0 Å². The lowest BCUT2D eigenvalue weighted by Gasteiger charge is -2.20. The van der Waals surface area contributed by atoms with E-state index in [0.717, 1.165) is 16.0 Å². The normalized spacial score (nSPS) is 12.9. The van der Waals surface area contributed by atoms with Gasteiger partial charge in [-0.2, -0.15) is 0 Å². The first-order valence-electron chi connectivity index (χ1n) is 6.71. The minimum atomic E-state index is -1.01. The molecule has 1 atom stereocenters. The fraction of sp³-hybridized carbons (Fsp3) is 0.250. The number of aliphatic hydroxyl groups is 1. The van der Waals surface area contributed by atoms with Gasteiger partial charge in [-0.3, -0.25) is 9.78 Å². The minimum Gasteiger partial charge on any atom is -0.480 e. The summed E-state index contributed by atoms with van der Waals surface area (Å²) in [5, 5.41) is 18.6. The van der Waals surface area contributed by atoms with Crippen LogP contribution >= 0.6 is 11.8 Å². The van der Waals surface area contributed by atoms with Gasteiger partial charge in [0.05, 0.1) is 0 Å². The summed E-state index contributed by atoms with van der Waals surface area (Å²) in [5.74, 6) is -0.873. The summed E-state index contributed by atoms with van der Waals surface area (Å²) in [6.45, 7) is 3.33. The van der Waals surface area contributed by atoms with Crippen LogP contribution in [-0.2, 0) is 4.79 Å². The molecule has 0 fully saturated rings. The van der Waals surface area contributed by atoms with Crippen LogP contribution in [0.5, 0.6) is 0 Å². The molecule has 2 aromatic rings. The Morgan fingerprint density at radius 3 is 2.45 bits per heavy atom. The fourth-order valence-corrected chi connectivity index (χ4v) is 2.91. The summed E-state index contributed by atoms with van der Waals surface area (Å²) in [7, 11) is 0. The number of benzene rings is 1. The predicted octanol–water partition coefficient (Wildman–Crippen LogP) is 2.65. The van der Waals surface area contributed by atoms with Gasteiger partial charge in [-0.25, -0.2) is 0 Å². The topological polar surface area (TPSA) is 96.4 Å². The Balaban J connectivity index is 2.38. The first-order valence-corrected chi connectivity index (χ1v) is 7.53. The molecule has 1 unspecified atom stereocenters. The number of aliphatic hydroxyl groups excluding tert-OH is 1. The van der Waals surface area contributed by atoms with Crippen LogP contribution in [0.15, 0.2) is 47.6 Å². The third kappa shape index (κ3) is 3.65. The van der Waals surface area contributed by atoms with Crippen LogP contribution in [0.3, 0.4) is 0 Å². The van der Waals surface area contributed by atoms with Gasteiger partial charge >= 0.3 is 5.97 Å². The second-order valence-electron chi connectivity index (χ2n) is 5.36. The molecule has 6 heteroatoms. The Morgan fingerprint density at radius 1 is 1.27 bits per heavy atom. The van der Waals surface area contributed by atoms with E-state index >= 15 is 0 Å². The number of pyridine rings is 1. The Morgan fingerprint density at radius 2 is 1.91 bits per heavy atom. The van der Waals surface area contributed by atoms with Gasteiger partial charge in [-0.15, -0.1) is 11.8 Å². The number of rotatable bonds is 5. The average molecular weight is 318 g/mol. The largest absolute Gasteiger partial charge is 0.480 e. The molecule has 1 aromatic carbocycles. The van der Waals surface area contributed by atoms with E-state index in [1.165, 1.54) is 11.8 Å². The number of carboxylic acids is 1. The van der Waals surface area contributed by atoms with Crippen molar-refractivity contribution in [3.05, 3.63) is 48.3 Å². The van der Waals surface area contributed by atoms with E-state index in [2.05, 4.69) is 4.98 Å². The highest BCUT2D eigenvalue weighted by Gasteiger charge is 2.29. The van der Waals surface area contributed by atoms with Gasteiger partial charge in [-0.05, 0) is 31.0 Å². The molecule has 5 nitrogen and oxygen atoms in total. The number of carbonyl (C=O) groups is 1. The van der Waals surface area contributed by atoms with Crippen molar-refractivity contribution in [3.8, 4) is 11.1 Å². The van der Waals surface area contributed by atoms with E-state index in [-0.39, 0.29) is 0 Å². The highest BCUT2D eigenvalue weighted by molar-refractivity contribution is 8.01. The second kappa shape index (κ2) is 6.48. The van der Waals surface area contributed by atoms with Gasteiger partial charge in [0.2, 0.25) is 0 Å². The van der Waals surface area contributed by atoms with Gasteiger partial charge in [0.15, 0.2) is 0 Å². The molecule has 22 heavy (non-hydrogen) atoms. The van der Waals surface area contributed by atoms with Crippen LogP contribution in [-0.4, -0.2) is 25.9 Å². The standard InChI is InChI=1S/C16H18N2O3S/c1-16(2,15(20)21)22-13-7-8-18-9-12(13)10-3-5-11(6-4-10)14(17)19/h3-9,14,19H,17H2,1-2H3,(H,20,21). The van der Waals surface area contributed by atoms with Gasteiger partial charge in [0.1, 0.15) is 11.0 Å². The lowest BCUT2D eigenvalue weighted by atomic mass is 10.1. The Hall–Kier alpha value is -1.89. The fourth-order valence-electron chi connectivity index (χ4n) is 1.87. The number of carboxylic acid groups (broad SMARTS) is 1. The highest BCUT2D eigenvalue weighted by atomic mass is 32.2. The Labute approximate surface area is 133 Å². The van der Waals surface area contributed by atoms with Crippen molar-refractivity contribution in [3.63, 3.8) is 0 Å². The van der Waals surface area contributed by atoms with Crippen LogP contribution < -0.4 is 5.73 Å². The summed E-state index contributed by atoms with van der Waals surface area (Å²) < 4.78 is -0.941. The summed E-state index contributed by atoms with van der Waals surface area (Å²) in [5.41, 5.74) is 7.78. The number of aliphatic carboxylic acids is 1. The molecule has 4 N–H and O–H groups in total. The van der Waals surface area contributed by atoms with Crippen LogP contribution in [0.25, 0.3) is 11.1 Å². The Bertz CT molecular complexity index is 669. The maximum Gasteiger partial charge on any atom is 0.319 e. The van der Waals surface area contributed by atoms with Crippen molar-refractivity contribution in [2.75, 3.05) is 0 Å². The summed E-state index contributed by atoms with van der Waals surface area (Å²) >= 11 is 1.27. The minimum absolute atomic E-state index is 0.618. The Kier molecular flexibility index (Phi) is 4.85. The monoisotopic (exact) mass is 318 g/mol. The molecular formula is C16H18N2O3S. The van der Waals surface area contributed by atoms with Gasteiger partial charge in [-0.1, -0.05) is 24.3 Å². The maximum atomic E-state index is 11.3. The van der Waals surface area contributed by atoms with E-state index in [1.54, 1.807) is 44.4 Å². The molecule has 116 valence electrons. The van der Waals surface area contributed by atoms with Crippen LogP contribution in [0, 0.1) is 0 Å². The highest BCUT2D eigenvalue weighted by Crippen LogP contribution is 2.38. The van der Waals surface area contributed by atoms with E-state index < -0.39 is 16.9 Å². The number of nitrogens with zero attached hydrogens (tertiary/aromatic N) is 1. The summed E-state index contributed by atoms with van der Waals surface area (Å²) in [6, 6.07) is 8.95. The van der Waals surface area contributed by atoms with Crippen molar-refractivity contribution in [1.82, 2.24) is 4.98 Å². The van der Waals surface area contributed by atoms with Crippen LogP contribution in [0.1, 0.15) is 25.6 Å². The number of thioether (sulfide) groups is 1. The third-order valence-corrected chi connectivity index (χ3v) is 4.49. The summed E-state index contributed by atoms with van der Waals surface area (Å²) in [6.07, 6.45) is 2.33. The van der Waals surface area contributed by atoms with Gasteiger partial charge < -0.3 is 15.9 Å². The van der Waals surface area contributed by atoms with Gasteiger partial charge in [0, 0.05) is 22.9 Å². The second-order valence-corrected chi connectivity index (χ2v) is 7.02. The van der Waals surface area contributed by atoms with E-state index in [4.69, 9.17) is 5.73 Å². The lowest BCUT2D eigenvalue weighted by molar-refractivity contribution is -0.138. The number of nitrogens with two attached hydrogens (primary N) is 1. The number of hydrogen-bond acceptors (Lipinski definition) is 5. The average Bonchev–Trinajstić information content (AvgIpc) is 2.47. The molecule has 1 aromatic heterocycles. The molecule has 2 rings (SSSR count). The smallest absolute Gasteiger partial charge is 0.319 e. The molecule has 0 bridgehead atoms. The van der Waals surface area contributed by atoms with Crippen molar-refractivity contribution in [2.45, 2.75) is 29.7 Å². The van der Waals surface area contributed by atoms with Gasteiger partial charge in [0.25, 0.3) is 0 Å². The molecule has 0 aliphatic rings. The quantitative estimate of drug-likeness (QED) is 0.579. The molecule has 1 heterocycles.